The van der Waals surface area contributed by atoms with Crippen LogP contribution in [0, 0.1) is 10.1 Å². The molecule has 36 heavy (non-hydrogen) atoms. The van der Waals surface area contributed by atoms with Crippen LogP contribution < -0.4 is 20.5 Å². The Morgan fingerprint density at radius 1 is 1.11 bits per heavy atom. The summed E-state index contributed by atoms with van der Waals surface area (Å²) in [5.74, 6) is 0.351. The number of ether oxygens (including phenoxy) is 2. The summed E-state index contributed by atoms with van der Waals surface area (Å²) in [6, 6.07) is 17.9. The van der Waals surface area contributed by atoms with E-state index in [0.29, 0.717) is 27.8 Å². The van der Waals surface area contributed by atoms with Gasteiger partial charge in [-0.3, -0.25) is 19.7 Å². The van der Waals surface area contributed by atoms with Crippen molar-refractivity contribution in [2.75, 3.05) is 7.11 Å². The Morgan fingerprint density at radius 3 is 2.53 bits per heavy atom. The average molecular weight is 487 g/mol. The molecule has 0 bridgehead atoms. The van der Waals surface area contributed by atoms with Gasteiger partial charge in [-0.15, -0.1) is 0 Å². The highest BCUT2D eigenvalue weighted by molar-refractivity contribution is 6.04. The zero-order chi connectivity index (χ0) is 25.7. The number of hydrazone groups is 1. The number of non-ortho nitro benzene ring substituents is 1. The summed E-state index contributed by atoms with van der Waals surface area (Å²) < 4.78 is 12.3. The second-order valence-corrected chi connectivity index (χ2v) is 7.64. The third-order valence-corrected chi connectivity index (χ3v) is 5.28. The van der Waals surface area contributed by atoms with Crippen LogP contribution >= 0.6 is 0 Å². The largest absolute Gasteiger partial charge is 0.493 e. The first-order valence-electron chi connectivity index (χ1n) is 10.7. The summed E-state index contributed by atoms with van der Waals surface area (Å²) in [5.41, 5.74) is 3.61. The number of rotatable bonds is 8. The van der Waals surface area contributed by atoms with Crippen LogP contribution in [0.4, 0.5) is 5.69 Å². The van der Waals surface area contributed by atoms with Gasteiger partial charge < -0.3 is 9.47 Å². The second kappa shape index (κ2) is 10.5. The lowest BCUT2D eigenvalue weighted by molar-refractivity contribution is -0.384. The van der Waals surface area contributed by atoms with E-state index in [1.54, 1.807) is 54.6 Å². The Kier molecular flexibility index (Phi) is 7.00. The molecule has 0 radical (unpaired) electrons. The van der Waals surface area contributed by atoms with E-state index in [0.717, 1.165) is 10.2 Å². The maximum atomic E-state index is 12.7. The summed E-state index contributed by atoms with van der Waals surface area (Å²) in [5, 5.41) is 19.7. The van der Waals surface area contributed by atoms with Crippen LogP contribution in [0.1, 0.15) is 21.6 Å². The molecule has 11 nitrogen and oxygen atoms in total. The number of amides is 1. The zero-order valence-electron chi connectivity index (χ0n) is 19.4. The van der Waals surface area contributed by atoms with Crippen LogP contribution in [0.3, 0.4) is 0 Å². The van der Waals surface area contributed by atoms with Gasteiger partial charge in [-0.05, 0) is 47.5 Å². The number of nitrogens with one attached hydrogen (secondary N) is 1. The molecule has 4 rings (SSSR count). The first-order valence-corrected chi connectivity index (χ1v) is 10.7. The number of benzene rings is 3. The molecule has 1 heterocycles. The third kappa shape index (κ3) is 5.20. The lowest BCUT2D eigenvalue weighted by atomic mass is 10.1. The van der Waals surface area contributed by atoms with Crippen LogP contribution in [0.25, 0.3) is 10.8 Å². The Morgan fingerprint density at radius 2 is 1.83 bits per heavy atom. The maximum absolute atomic E-state index is 12.7. The number of hydrogen-bond acceptors (Lipinski definition) is 8. The molecule has 11 heteroatoms. The van der Waals surface area contributed by atoms with Crippen molar-refractivity contribution in [3.63, 3.8) is 0 Å². The number of nitro groups is 1. The van der Waals surface area contributed by atoms with Gasteiger partial charge in [0.15, 0.2) is 17.2 Å². The number of aryl methyl sites for hydroxylation is 1. The van der Waals surface area contributed by atoms with Gasteiger partial charge in [-0.2, -0.15) is 10.2 Å². The van der Waals surface area contributed by atoms with Crippen LogP contribution in [-0.2, 0) is 13.7 Å². The molecular weight excluding hydrogens is 466 g/mol. The van der Waals surface area contributed by atoms with Crippen LogP contribution in [0.15, 0.2) is 76.6 Å². The van der Waals surface area contributed by atoms with E-state index < -0.39 is 10.8 Å². The predicted octanol–water partition coefficient (Wildman–Crippen LogP) is 3.19. The fourth-order valence-corrected chi connectivity index (χ4v) is 3.44. The highest BCUT2D eigenvalue weighted by Gasteiger charge is 2.15. The minimum Gasteiger partial charge on any atom is -0.493 e. The summed E-state index contributed by atoms with van der Waals surface area (Å²) >= 11 is 0. The molecule has 1 N–H and O–H groups in total. The van der Waals surface area contributed by atoms with Gasteiger partial charge in [-0.25, -0.2) is 10.1 Å². The second-order valence-electron chi connectivity index (χ2n) is 7.64. The monoisotopic (exact) mass is 487 g/mol. The Balaban J connectivity index is 1.44. The molecule has 0 spiro atoms. The van der Waals surface area contributed by atoms with Gasteiger partial charge in [0.25, 0.3) is 17.2 Å². The van der Waals surface area contributed by atoms with Crippen LogP contribution in [-0.4, -0.2) is 33.9 Å². The lowest BCUT2D eigenvalue weighted by Gasteiger charge is -2.11. The minimum absolute atomic E-state index is 0.00679. The number of carbonyl (C=O) groups is 1. The van der Waals surface area contributed by atoms with Crippen molar-refractivity contribution in [1.29, 1.82) is 0 Å². The number of aromatic nitrogens is 2. The van der Waals surface area contributed by atoms with Crippen LogP contribution in [0.5, 0.6) is 11.5 Å². The number of nitro benzene ring substituents is 1. The standard InChI is InChI=1S/C25H21N5O6/c1-29-25(32)20-6-4-3-5-19(20)23(28-29)24(31)27-26-14-17-9-12-21(22(13-17)35-2)36-15-16-7-10-18(11-8-16)30(33)34/h3-14H,15H2,1-2H3,(H,27,31)/b26-14+. The number of hydrogen-bond donors (Lipinski definition) is 1. The van der Waals surface area contributed by atoms with Crippen molar-refractivity contribution in [2.24, 2.45) is 12.1 Å². The molecule has 0 aliphatic rings. The molecule has 0 saturated heterocycles. The quantitative estimate of drug-likeness (QED) is 0.229. The van der Waals surface area contributed by atoms with E-state index in [9.17, 15) is 19.7 Å². The molecule has 0 unspecified atom stereocenters. The van der Waals surface area contributed by atoms with Gasteiger partial charge in [0, 0.05) is 24.6 Å². The van der Waals surface area contributed by atoms with Crippen molar-refractivity contribution in [1.82, 2.24) is 15.2 Å². The van der Waals surface area contributed by atoms with E-state index in [1.165, 1.54) is 32.5 Å². The molecule has 0 aliphatic heterocycles. The zero-order valence-corrected chi connectivity index (χ0v) is 19.4. The van der Waals surface area contributed by atoms with Crippen molar-refractivity contribution in [3.8, 4) is 11.5 Å². The van der Waals surface area contributed by atoms with Gasteiger partial charge in [0.1, 0.15) is 6.61 Å². The Hall–Kier alpha value is -5.06. The van der Waals surface area contributed by atoms with Gasteiger partial charge in [0.05, 0.1) is 23.6 Å². The van der Waals surface area contributed by atoms with E-state index in [4.69, 9.17) is 9.47 Å². The van der Waals surface area contributed by atoms with Gasteiger partial charge in [-0.1, -0.05) is 18.2 Å². The van der Waals surface area contributed by atoms with Gasteiger partial charge in [0.2, 0.25) is 0 Å². The van der Waals surface area contributed by atoms with E-state index >= 15 is 0 Å². The van der Waals surface area contributed by atoms with Crippen molar-refractivity contribution in [3.05, 3.63) is 104 Å². The number of nitrogens with zero attached hydrogens (tertiary/aromatic N) is 4. The molecule has 0 saturated carbocycles. The molecule has 182 valence electrons. The fourth-order valence-electron chi connectivity index (χ4n) is 3.44. The summed E-state index contributed by atoms with van der Waals surface area (Å²) in [7, 11) is 2.97. The average Bonchev–Trinajstić information content (AvgIpc) is 2.90. The summed E-state index contributed by atoms with van der Waals surface area (Å²) in [6.07, 6.45) is 1.44. The SMILES string of the molecule is COc1cc(/C=N/NC(=O)c2nn(C)c(=O)c3ccccc23)ccc1OCc1ccc([N+](=O)[O-])cc1. The lowest BCUT2D eigenvalue weighted by Crippen LogP contribution is -2.27. The summed E-state index contributed by atoms with van der Waals surface area (Å²) in [4.78, 5) is 35.2. The topological polar surface area (TPSA) is 138 Å². The first-order chi connectivity index (χ1) is 17.4. The number of methoxy groups -OCH3 is 1. The van der Waals surface area contributed by atoms with Crippen molar-refractivity contribution < 1.29 is 19.2 Å². The molecule has 0 aliphatic carbocycles. The van der Waals surface area contributed by atoms with E-state index in [-0.39, 0.29) is 23.5 Å². The Bertz CT molecular complexity index is 1530. The van der Waals surface area contributed by atoms with Gasteiger partial charge >= 0.3 is 0 Å². The van der Waals surface area contributed by atoms with E-state index in [1.807, 2.05) is 0 Å². The van der Waals surface area contributed by atoms with E-state index in [2.05, 4.69) is 15.6 Å². The summed E-state index contributed by atoms with van der Waals surface area (Å²) in [6.45, 7) is 0.193. The molecular formula is C25H21N5O6. The molecule has 3 aromatic carbocycles. The smallest absolute Gasteiger partial charge is 0.292 e. The van der Waals surface area contributed by atoms with Crippen molar-refractivity contribution in [2.45, 2.75) is 6.61 Å². The van der Waals surface area contributed by atoms with Crippen molar-refractivity contribution >= 4 is 28.6 Å². The minimum atomic E-state index is -0.562. The molecule has 0 atom stereocenters. The highest BCUT2D eigenvalue weighted by Crippen LogP contribution is 2.28. The molecule has 1 aromatic heterocycles. The highest BCUT2D eigenvalue weighted by atomic mass is 16.6. The predicted molar refractivity (Wildman–Crippen MR) is 132 cm³/mol. The normalized spacial score (nSPS) is 10.9. The molecule has 1 amide bonds. The third-order valence-electron chi connectivity index (χ3n) is 5.28. The first kappa shape index (κ1) is 24.1. The van der Waals surface area contributed by atoms with Crippen LogP contribution in [0.2, 0.25) is 0 Å². The molecule has 4 aromatic rings. The molecule has 0 fully saturated rings. The Labute approximate surface area is 204 Å². The number of carbonyl (C=O) groups excluding carboxylic acids is 1. The number of fused-ring (bicyclic) bond motifs is 1. The maximum Gasteiger partial charge on any atom is 0.292 e. The fraction of sp³-hybridized carbons (Fsp3) is 0.120.